The van der Waals surface area contributed by atoms with Gasteiger partial charge in [-0.25, -0.2) is 0 Å². The summed E-state index contributed by atoms with van der Waals surface area (Å²) in [6.45, 7) is 4.00. The molecular formula is C13H18BrNO. The fourth-order valence-corrected chi connectivity index (χ4v) is 2.57. The van der Waals surface area contributed by atoms with Gasteiger partial charge in [-0.05, 0) is 31.4 Å². The first kappa shape index (κ1) is 12.1. The lowest BCUT2D eigenvalue weighted by Crippen LogP contribution is -2.38. The van der Waals surface area contributed by atoms with Gasteiger partial charge in [-0.15, -0.1) is 0 Å². The van der Waals surface area contributed by atoms with Crippen LogP contribution in [0.25, 0.3) is 0 Å². The van der Waals surface area contributed by atoms with E-state index < -0.39 is 0 Å². The lowest BCUT2D eigenvalue weighted by atomic mass is 10.1. The lowest BCUT2D eigenvalue weighted by molar-refractivity contribution is 0.188. The minimum atomic E-state index is 0.491. The van der Waals surface area contributed by atoms with E-state index in [2.05, 4.69) is 52.4 Å². The van der Waals surface area contributed by atoms with Crippen LogP contribution in [0.3, 0.4) is 0 Å². The summed E-state index contributed by atoms with van der Waals surface area (Å²) in [4.78, 5) is 0. The summed E-state index contributed by atoms with van der Waals surface area (Å²) in [5.41, 5.74) is 1.36. The Hall–Kier alpha value is -0.380. The van der Waals surface area contributed by atoms with Gasteiger partial charge in [-0.3, -0.25) is 0 Å². The van der Waals surface area contributed by atoms with E-state index in [1.165, 1.54) is 10.0 Å². The van der Waals surface area contributed by atoms with E-state index in [0.29, 0.717) is 12.1 Å². The lowest BCUT2D eigenvalue weighted by Gasteiger charge is -2.18. The zero-order valence-corrected chi connectivity index (χ0v) is 11.2. The van der Waals surface area contributed by atoms with Crippen LogP contribution in [-0.4, -0.2) is 25.3 Å². The van der Waals surface area contributed by atoms with E-state index >= 15 is 0 Å². The molecule has 1 heterocycles. The van der Waals surface area contributed by atoms with Crippen LogP contribution in [0.2, 0.25) is 0 Å². The van der Waals surface area contributed by atoms with Crippen molar-refractivity contribution in [1.82, 2.24) is 5.32 Å². The second-order valence-corrected chi connectivity index (χ2v) is 5.28. The zero-order valence-electron chi connectivity index (χ0n) is 9.58. The largest absolute Gasteiger partial charge is 0.380 e. The molecule has 3 heteroatoms. The number of hydrogen-bond donors (Lipinski definition) is 1. The van der Waals surface area contributed by atoms with Crippen molar-refractivity contribution >= 4 is 15.9 Å². The van der Waals surface area contributed by atoms with Gasteiger partial charge in [0.05, 0.1) is 6.61 Å². The van der Waals surface area contributed by atoms with Crippen molar-refractivity contribution in [2.24, 2.45) is 0 Å². The van der Waals surface area contributed by atoms with Gasteiger partial charge in [-0.2, -0.15) is 0 Å². The van der Waals surface area contributed by atoms with E-state index in [1.54, 1.807) is 0 Å². The minimum absolute atomic E-state index is 0.491. The number of halogens is 1. The molecule has 0 radical (unpaired) electrons. The summed E-state index contributed by atoms with van der Waals surface area (Å²) in [5, 5.41) is 3.61. The molecular weight excluding hydrogens is 266 g/mol. The standard InChI is InChI=1S/C13H18BrNO/c1-10(15-12-6-7-16-9-12)8-11-4-2-3-5-13(11)14/h2-5,10,12,15H,6-9H2,1H3. The highest BCUT2D eigenvalue weighted by molar-refractivity contribution is 9.10. The number of nitrogens with one attached hydrogen (secondary N) is 1. The number of ether oxygens (including phenoxy) is 1. The SMILES string of the molecule is CC(Cc1ccccc1Br)NC1CCOC1. The maximum absolute atomic E-state index is 5.36. The first-order valence-corrected chi connectivity index (χ1v) is 6.62. The van der Waals surface area contributed by atoms with E-state index in [1.807, 2.05) is 0 Å². The average molecular weight is 284 g/mol. The molecule has 0 aliphatic carbocycles. The monoisotopic (exact) mass is 283 g/mol. The topological polar surface area (TPSA) is 21.3 Å². The molecule has 1 aromatic carbocycles. The van der Waals surface area contributed by atoms with Crippen LogP contribution in [0, 0.1) is 0 Å². The van der Waals surface area contributed by atoms with Gasteiger partial charge in [0.2, 0.25) is 0 Å². The van der Waals surface area contributed by atoms with Crippen molar-refractivity contribution in [1.29, 1.82) is 0 Å². The molecule has 0 saturated carbocycles. The normalized spacial score (nSPS) is 22.2. The second kappa shape index (κ2) is 5.80. The number of hydrogen-bond acceptors (Lipinski definition) is 2. The Labute approximate surface area is 106 Å². The molecule has 1 aliphatic heterocycles. The Morgan fingerprint density at radius 1 is 1.50 bits per heavy atom. The van der Waals surface area contributed by atoms with Gasteiger partial charge < -0.3 is 10.1 Å². The Bertz CT molecular complexity index is 336. The van der Waals surface area contributed by atoms with Crippen molar-refractivity contribution in [2.75, 3.05) is 13.2 Å². The van der Waals surface area contributed by atoms with Crippen LogP contribution in [0.15, 0.2) is 28.7 Å². The van der Waals surface area contributed by atoms with Gasteiger partial charge in [-0.1, -0.05) is 34.1 Å². The first-order valence-electron chi connectivity index (χ1n) is 5.83. The first-order chi connectivity index (χ1) is 7.75. The molecule has 0 aromatic heterocycles. The van der Waals surface area contributed by atoms with E-state index in [9.17, 15) is 0 Å². The fraction of sp³-hybridized carbons (Fsp3) is 0.538. The van der Waals surface area contributed by atoms with Gasteiger partial charge in [0.25, 0.3) is 0 Å². The van der Waals surface area contributed by atoms with E-state index in [4.69, 9.17) is 4.74 Å². The van der Waals surface area contributed by atoms with Crippen molar-refractivity contribution in [3.63, 3.8) is 0 Å². The van der Waals surface area contributed by atoms with Crippen LogP contribution < -0.4 is 5.32 Å². The molecule has 2 rings (SSSR count). The molecule has 1 saturated heterocycles. The van der Waals surface area contributed by atoms with Gasteiger partial charge >= 0.3 is 0 Å². The van der Waals surface area contributed by atoms with Crippen molar-refractivity contribution < 1.29 is 4.74 Å². The highest BCUT2D eigenvalue weighted by atomic mass is 79.9. The van der Waals surface area contributed by atoms with Gasteiger partial charge in [0.1, 0.15) is 0 Å². The van der Waals surface area contributed by atoms with Crippen LogP contribution in [0.5, 0.6) is 0 Å². The third-order valence-corrected chi connectivity index (χ3v) is 3.71. The maximum atomic E-state index is 5.36. The van der Waals surface area contributed by atoms with Crippen molar-refractivity contribution in [3.8, 4) is 0 Å². The molecule has 2 unspecified atom stereocenters. The number of benzene rings is 1. The Balaban J connectivity index is 1.86. The molecule has 1 aliphatic rings. The molecule has 0 spiro atoms. The Morgan fingerprint density at radius 3 is 3.00 bits per heavy atom. The van der Waals surface area contributed by atoms with Gasteiger partial charge in [0, 0.05) is 23.2 Å². The van der Waals surface area contributed by atoms with Crippen molar-refractivity contribution in [3.05, 3.63) is 34.3 Å². The molecule has 1 N–H and O–H groups in total. The van der Waals surface area contributed by atoms with E-state index in [-0.39, 0.29) is 0 Å². The third-order valence-electron chi connectivity index (χ3n) is 2.93. The summed E-state index contributed by atoms with van der Waals surface area (Å²) >= 11 is 3.59. The third kappa shape index (κ3) is 3.30. The summed E-state index contributed by atoms with van der Waals surface area (Å²) in [5.74, 6) is 0. The van der Waals surface area contributed by atoms with Crippen LogP contribution in [0.1, 0.15) is 18.9 Å². The molecule has 2 atom stereocenters. The van der Waals surface area contributed by atoms with Crippen molar-refractivity contribution in [2.45, 2.75) is 31.8 Å². The van der Waals surface area contributed by atoms with E-state index in [0.717, 1.165) is 26.1 Å². The molecule has 1 fully saturated rings. The fourth-order valence-electron chi connectivity index (χ4n) is 2.12. The molecule has 88 valence electrons. The summed E-state index contributed by atoms with van der Waals surface area (Å²) in [7, 11) is 0. The maximum Gasteiger partial charge on any atom is 0.0620 e. The Morgan fingerprint density at radius 2 is 2.31 bits per heavy atom. The van der Waals surface area contributed by atoms with Crippen LogP contribution in [-0.2, 0) is 11.2 Å². The zero-order chi connectivity index (χ0) is 11.4. The smallest absolute Gasteiger partial charge is 0.0620 e. The molecule has 0 bridgehead atoms. The number of rotatable bonds is 4. The minimum Gasteiger partial charge on any atom is -0.380 e. The predicted octanol–water partition coefficient (Wildman–Crippen LogP) is 2.76. The highest BCUT2D eigenvalue weighted by Gasteiger charge is 2.17. The second-order valence-electron chi connectivity index (χ2n) is 4.42. The summed E-state index contributed by atoms with van der Waals surface area (Å²) in [6.07, 6.45) is 2.19. The summed E-state index contributed by atoms with van der Waals surface area (Å²) in [6, 6.07) is 9.44. The molecule has 16 heavy (non-hydrogen) atoms. The predicted molar refractivity (Wildman–Crippen MR) is 69.7 cm³/mol. The molecule has 0 amide bonds. The Kier molecular flexibility index (Phi) is 4.38. The highest BCUT2D eigenvalue weighted by Crippen LogP contribution is 2.17. The van der Waals surface area contributed by atoms with Gasteiger partial charge in [0.15, 0.2) is 0 Å². The van der Waals surface area contributed by atoms with Crippen LogP contribution in [0.4, 0.5) is 0 Å². The molecule has 1 aromatic rings. The average Bonchev–Trinajstić information content (AvgIpc) is 2.74. The van der Waals surface area contributed by atoms with Crippen LogP contribution >= 0.6 is 15.9 Å². The quantitative estimate of drug-likeness (QED) is 0.918. The molecule has 2 nitrogen and oxygen atoms in total. The summed E-state index contributed by atoms with van der Waals surface area (Å²) < 4.78 is 6.56.